The van der Waals surface area contributed by atoms with Crippen molar-refractivity contribution in [1.29, 1.82) is 0 Å². The van der Waals surface area contributed by atoms with Gasteiger partial charge in [-0.2, -0.15) is 8.78 Å². The molecule has 0 spiro atoms. The van der Waals surface area contributed by atoms with E-state index in [1.165, 1.54) is 26.8 Å². The molecule has 20 heteroatoms. The van der Waals surface area contributed by atoms with Crippen LogP contribution in [0, 0.1) is 17.3 Å². The second kappa shape index (κ2) is 20.1. The lowest BCUT2D eigenvalue weighted by Gasteiger charge is -2.36. The summed E-state index contributed by atoms with van der Waals surface area (Å²) in [4.78, 5) is 116. The normalized spacial score (nSPS) is 17.8. The van der Waals surface area contributed by atoms with E-state index in [-0.39, 0.29) is 66.9 Å². The minimum atomic E-state index is -5.83. The molecule has 3 atom stereocenters. The first-order valence-electron chi connectivity index (χ1n) is 22.1. The first-order chi connectivity index (χ1) is 32.1. The van der Waals surface area contributed by atoms with Crippen molar-refractivity contribution in [2.45, 2.75) is 96.1 Å². The Labute approximate surface area is 395 Å². The van der Waals surface area contributed by atoms with Crippen LogP contribution in [0.3, 0.4) is 0 Å². The highest BCUT2D eigenvalue weighted by molar-refractivity contribution is 7.52. The van der Waals surface area contributed by atoms with Crippen LogP contribution in [-0.2, 0) is 40.7 Å². The summed E-state index contributed by atoms with van der Waals surface area (Å²) in [5.41, 5.74) is -3.83. The van der Waals surface area contributed by atoms with Crippen LogP contribution in [0.1, 0.15) is 102 Å². The SMILES string of the molecule is CC(C)(C)C(NC(=O)c1cc2cc(C(F)(F)P(=O)(O)O)ccc2s1)C(=O)N1CCC[C@H]1C(=O)N(CCC(=O)NCCCC#Cc1cccc2c1CN(C1CCC(=O)NC1=O)C2=O)c1ccccc1. The summed E-state index contributed by atoms with van der Waals surface area (Å²) in [5, 5.41) is 8.13. The number of carbonyl (C=O) groups is 7. The van der Waals surface area contributed by atoms with E-state index in [0.717, 1.165) is 29.0 Å². The number of halogens is 2. The third kappa shape index (κ3) is 10.7. The molecule has 5 N–H and O–H groups in total. The summed E-state index contributed by atoms with van der Waals surface area (Å²) in [7, 11) is -5.83. The summed E-state index contributed by atoms with van der Waals surface area (Å²) >= 11 is 0.956. The molecule has 4 aromatic rings. The van der Waals surface area contributed by atoms with Gasteiger partial charge in [-0.3, -0.25) is 43.4 Å². The molecule has 1 aromatic heterocycles. The molecule has 7 rings (SSSR count). The number of piperidine rings is 1. The molecule has 68 heavy (non-hydrogen) atoms. The molecular formula is C48H51F2N6O10PS. The third-order valence-corrected chi connectivity index (χ3v) is 14.3. The summed E-state index contributed by atoms with van der Waals surface area (Å²) in [6.45, 7) is 6.01. The Bertz CT molecular complexity index is 2780. The fraction of sp³-hybridized carbons (Fsp3) is 0.396. The number of hydrogen-bond donors (Lipinski definition) is 5. The summed E-state index contributed by atoms with van der Waals surface area (Å²) < 4.78 is 40.8. The number of anilines is 1. The molecule has 2 fully saturated rings. The first kappa shape index (κ1) is 49.6. The van der Waals surface area contributed by atoms with Gasteiger partial charge in [0.1, 0.15) is 18.1 Å². The number of likely N-dealkylation sites (tertiary alicyclic amines) is 1. The van der Waals surface area contributed by atoms with Crippen LogP contribution in [0.4, 0.5) is 14.5 Å². The predicted molar refractivity (Wildman–Crippen MR) is 248 cm³/mol. The van der Waals surface area contributed by atoms with Crippen LogP contribution < -0.4 is 20.9 Å². The molecular weight excluding hydrogens is 922 g/mol. The lowest BCUT2D eigenvalue weighted by molar-refractivity contribution is -0.141. The second-order valence-electron chi connectivity index (χ2n) is 18.0. The lowest BCUT2D eigenvalue weighted by atomic mass is 9.85. The Hall–Kier alpha value is -6.32. The Morgan fingerprint density at radius 3 is 2.46 bits per heavy atom. The summed E-state index contributed by atoms with van der Waals surface area (Å²) in [6, 6.07) is 15.6. The number of fused-ring (bicyclic) bond motifs is 2. The molecule has 7 amide bonds. The van der Waals surface area contributed by atoms with E-state index < -0.39 is 66.0 Å². The number of thiophene rings is 1. The van der Waals surface area contributed by atoms with Crippen LogP contribution in [0.15, 0.2) is 72.8 Å². The summed E-state index contributed by atoms with van der Waals surface area (Å²) in [5.74, 6) is 3.22. The highest BCUT2D eigenvalue weighted by Crippen LogP contribution is 2.59. The highest BCUT2D eigenvalue weighted by Gasteiger charge is 2.50. The minimum absolute atomic E-state index is 0.00781. The Kier molecular flexibility index (Phi) is 14.7. The van der Waals surface area contributed by atoms with Crippen molar-refractivity contribution >= 4 is 76.1 Å². The zero-order valence-electron chi connectivity index (χ0n) is 37.6. The average Bonchev–Trinajstić information content (AvgIpc) is 4.04. The van der Waals surface area contributed by atoms with Gasteiger partial charge in [-0.05, 0) is 84.5 Å². The molecule has 3 aromatic carbocycles. The van der Waals surface area contributed by atoms with E-state index in [0.29, 0.717) is 53.7 Å². The first-order valence-corrected chi connectivity index (χ1v) is 24.6. The maximum atomic E-state index is 14.5. The van der Waals surface area contributed by atoms with Gasteiger partial charge < -0.3 is 35.1 Å². The molecule has 2 saturated heterocycles. The van der Waals surface area contributed by atoms with Gasteiger partial charge in [0.15, 0.2) is 0 Å². The molecule has 0 bridgehead atoms. The van der Waals surface area contributed by atoms with Crippen molar-refractivity contribution in [2.75, 3.05) is 24.5 Å². The van der Waals surface area contributed by atoms with Gasteiger partial charge in [-0.25, -0.2) is 0 Å². The van der Waals surface area contributed by atoms with Crippen molar-refractivity contribution in [1.82, 2.24) is 25.8 Å². The predicted octanol–water partition coefficient (Wildman–Crippen LogP) is 5.40. The Morgan fingerprint density at radius 2 is 1.75 bits per heavy atom. The molecule has 4 heterocycles. The number of hydrogen-bond acceptors (Lipinski definition) is 9. The van der Waals surface area contributed by atoms with E-state index >= 15 is 0 Å². The topological polar surface area (TPSA) is 223 Å². The molecule has 0 radical (unpaired) electrons. The van der Waals surface area contributed by atoms with Gasteiger partial charge in [0.2, 0.25) is 29.5 Å². The number of nitrogens with zero attached hydrogens (tertiary/aromatic N) is 3. The number of para-hydroxylation sites is 1. The molecule has 2 unspecified atom stereocenters. The molecule has 16 nitrogen and oxygen atoms in total. The molecule has 3 aliphatic rings. The van der Waals surface area contributed by atoms with Crippen LogP contribution in [-0.4, -0.2) is 98.7 Å². The number of imide groups is 1. The van der Waals surface area contributed by atoms with Crippen LogP contribution >= 0.6 is 18.9 Å². The van der Waals surface area contributed by atoms with E-state index in [4.69, 9.17) is 0 Å². The summed E-state index contributed by atoms with van der Waals surface area (Å²) in [6.07, 6.45) is 2.15. The Balaban J connectivity index is 0.953. The fourth-order valence-electron chi connectivity index (χ4n) is 8.54. The van der Waals surface area contributed by atoms with Gasteiger partial charge in [0.05, 0.1) is 4.88 Å². The number of alkyl halides is 2. The smallest absolute Gasteiger partial charge is 0.356 e. The third-order valence-electron chi connectivity index (χ3n) is 12.2. The Morgan fingerprint density at radius 1 is 1.00 bits per heavy atom. The van der Waals surface area contributed by atoms with Gasteiger partial charge in [0, 0.05) is 72.5 Å². The van der Waals surface area contributed by atoms with Gasteiger partial charge in [0.25, 0.3) is 11.8 Å². The zero-order valence-corrected chi connectivity index (χ0v) is 39.3. The van der Waals surface area contributed by atoms with Crippen LogP contribution in [0.5, 0.6) is 0 Å². The number of benzene rings is 3. The maximum Gasteiger partial charge on any atom is 0.399 e. The minimum Gasteiger partial charge on any atom is -0.356 e. The van der Waals surface area contributed by atoms with Gasteiger partial charge in [-0.1, -0.05) is 62.9 Å². The maximum absolute atomic E-state index is 14.5. The lowest BCUT2D eigenvalue weighted by Crippen LogP contribution is -2.58. The fourth-order valence-corrected chi connectivity index (χ4v) is 9.96. The number of amides is 7. The molecule has 0 saturated carbocycles. The molecule has 0 aliphatic carbocycles. The van der Waals surface area contributed by atoms with E-state index in [2.05, 4.69) is 27.8 Å². The zero-order chi connectivity index (χ0) is 49.1. The van der Waals surface area contributed by atoms with Crippen molar-refractivity contribution in [2.24, 2.45) is 5.41 Å². The van der Waals surface area contributed by atoms with Crippen molar-refractivity contribution in [3.8, 4) is 11.8 Å². The van der Waals surface area contributed by atoms with E-state index in [1.54, 1.807) is 69.3 Å². The number of nitrogens with one attached hydrogen (secondary N) is 3. The quantitative estimate of drug-likeness (QED) is 0.0469. The van der Waals surface area contributed by atoms with Crippen molar-refractivity contribution < 1.29 is 56.7 Å². The molecule has 358 valence electrons. The second-order valence-corrected chi connectivity index (χ2v) is 20.7. The number of rotatable bonds is 14. The highest BCUT2D eigenvalue weighted by atomic mass is 32.1. The van der Waals surface area contributed by atoms with Crippen LogP contribution in [0.2, 0.25) is 0 Å². The van der Waals surface area contributed by atoms with Crippen molar-refractivity contribution in [3.05, 3.63) is 99.9 Å². The van der Waals surface area contributed by atoms with Gasteiger partial charge >= 0.3 is 13.3 Å². The monoisotopic (exact) mass is 972 g/mol. The van der Waals surface area contributed by atoms with E-state index in [1.807, 2.05) is 0 Å². The standard InChI is InChI=1S/C48H51F2N6O10PS/c1-47(2,3)41(53-43(60)38-27-30-26-31(18-20-37(30)68-38)48(49,50)67(64,65)66)46(63)55-24-11-17-36(55)45(62)54(32-14-7-4-8-15-32)25-22-39(57)51-23-9-5-6-12-29-13-10-16-33-34(29)28-56(44(33)61)35-19-21-40(58)52-42(35)59/h4,7-8,10,13-16,18,20,26-27,35-36,41H,5,9,11,17,19,21-25,28H2,1-3H3,(H,51,57)(H,53,60)(H,52,58,59)(H2,64,65,66)/t35?,36-,41?/m0/s1. The number of unbranched alkanes of at least 4 members (excludes halogenated alkanes) is 1. The van der Waals surface area contributed by atoms with Crippen molar-refractivity contribution in [3.63, 3.8) is 0 Å². The number of carbonyl (C=O) groups excluding carboxylic acids is 7. The van der Waals surface area contributed by atoms with Crippen LogP contribution in [0.25, 0.3) is 10.1 Å². The average molecular weight is 973 g/mol. The van der Waals surface area contributed by atoms with Gasteiger partial charge in [-0.15, -0.1) is 11.3 Å². The molecule has 3 aliphatic heterocycles. The van der Waals surface area contributed by atoms with E-state index in [9.17, 15) is 56.7 Å². The largest absolute Gasteiger partial charge is 0.399 e.